The van der Waals surface area contributed by atoms with Gasteiger partial charge in [-0.05, 0) is 49.8 Å². The monoisotopic (exact) mass is 453 g/mol. The highest BCUT2D eigenvalue weighted by molar-refractivity contribution is 7.99. The summed E-state index contributed by atoms with van der Waals surface area (Å²) in [6, 6.07) is 8.24. The standard InChI is InChI=1S/C21H19N5OS3/c1-10-7-8-12-15(9-10)29-19-16(12)18(27)22-17(23-19)11(2)28-20-24-25-21-26(20)13-5-3-4-6-14(13)30-21/h3-6,10-11H,7-9H2,1-2H3,(H,22,23,27)/t10-,11+/m0/s1. The predicted molar refractivity (Wildman–Crippen MR) is 124 cm³/mol. The normalized spacial score (nSPS) is 17.7. The molecule has 1 aromatic carbocycles. The van der Waals surface area contributed by atoms with E-state index < -0.39 is 0 Å². The molecule has 5 aromatic rings. The molecule has 0 saturated carbocycles. The number of hydrogen-bond donors (Lipinski definition) is 1. The van der Waals surface area contributed by atoms with Crippen LogP contribution < -0.4 is 5.56 Å². The summed E-state index contributed by atoms with van der Waals surface area (Å²) in [5, 5.41) is 10.3. The number of benzene rings is 1. The molecule has 1 aliphatic rings. The average Bonchev–Trinajstić information content (AvgIpc) is 3.39. The Morgan fingerprint density at radius 2 is 2.13 bits per heavy atom. The Bertz CT molecular complexity index is 1480. The van der Waals surface area contributed by atoms with Gasteiger partial charge in [0, 0.05) is 4.88 Å². The van der Waals surface area contributed by atoms with E-state index in [1.165, 1.54) is 15.1 Å². The molecular weight excluding hydrogens is 434 g/mol. The van der Waals surface area contributed by atoms with E-state index in [0.717, 1.165) is 45.1 Å². The Balaban J connectivity index is 1.39. The lowest BCUT2D eigenvalue weighted by atomic mass is 9.89. The Morgan fingerprint density at radius 1 is 1.27 bits per heavy atom. The van der Waals surface area contributed by atoms with Crippen molar-refractivity contribution in [3.05, 3.63) is 50.9 Å². The lowest BCUT2D eigenvalue weighted by Gasteiger charge is -2.17. The Morgan fingerprint density at radius 3 is 3.03 bits per heavy atom. The molecule has 4 heterocycles. The second-order valence-corrected chi connectivity index (χ2v) is 11.3. The van der Waals surface area contributed by atoms with Crippen LogP contribution in [0.15, 0.2) is 34.2 Å². The zero-order valence-corrected chi connectivity index (χ0v) is 19.0. The number of aromatic nitrogens is 5. The zero-order valence-electron chi connectivity index (χ0n) is 16.5. The fraction of sp³-hybridized carbons (Fsp3) is 0.333. The van der Waals surface area contributed by atoms with Crippen LogP contribution in [0.25, 0.3) is 25.4 Å². The number of thiazole rings is 1. The van der Waals surface area contributed by atoms with Crippen LogP contribution in [0.1, 0.15) is 41.8 Å². The number of thiophene rings is 1. The first kappa shape index (κ1) is 18.5. The topological polar surface area (TPSA) is 75.9 Å². The van der Waals surface area contributed by atoms with Crippen LogP contribution in [0.4, 0.5) is 0 Å². The van der Waals surface area contributed by atoms with Crippen LogP contribution in [0.3, 0.4) is 0 Å². The molecule has 0 aliphatic heterocycles. The molecule has 0 radical (unpaired) electrons. The van der Waals surface area contributed by atoms with Crippen LogP contribution >= 0.6 is 34.4 Å². The maximum absolute atomic E-state index is 12.9. The molecule has 1 aliphatic carbocycles. The van der Waals surface area contributed by atoms with Crippen molar-refractivity contribution in [1.29, 1.82) is 0 Å². The minimum absolute atomic E-state index is 0.0122. The van der Waals surface area contributed by atoms with Gasteiger partial charge in [0.2, 0.25) is 4.96 Å². The van der Waals surface area contributed by atoms with Crippen molar-refractivity contribution in [3.63, 3.8) is 0 Å². The van der Waals surface area contributed by atoms with Crippen molar-refractivity contribution >= 4 is 59.8 Å². The van der Waals surface area contributed by atoms with Gasteiger partial charge in [-0.25, -0.2) is 4.98 Å². The quantitative estimate of drug-likeness (QED) is 0.379. The maximum Gasteiger partial charge on any atom is 0.259 e. The number of nitrogens with one attached hydrogen (secondary N) is 1. The molecule has 4 aromatic heterocycles. The van der Waals surface area contributed by atoms with Crippen LogP contribution in [0.5, 0.6) is 0 Å². The molecule has 2 atom stereocenters. The van der Waals surface area contributed by atoms with Crippen molar-refractivity contribution in [1.82, 2.24) is 24.6 Å². The lowest BCUT2D eigenvalue weighted by molar-refractivity contribution is 0.509. The molecule has 0 amide bonds. The first-order chi connectivity index (χ1) is 14.6. The Labute approximate surface area is 184 Å². The fourth-order valence-corrected chi connectivity index (χ4v) is 7.53. The lowest BCUT2D eigenvalue weighted by Crippen LogP contribution is -2.15. The Hall–Kier alpha value is -2.23. The van der Waals surface area contributed by atoms with Gasteiger partial charge >= 0.3 is 0 Å². The van der Waals surface area contributed by atoms with Crippen LogP contribution in [0, 0.1) is 5.92 Å². The van der Waals surface area contributed by atoms with E-state index >= 15 is 0 Å². The summed E-state index contributed by atoms with van der Waals surface area (Å²) in [5.41, 5.74) is 2.31. The molecule has 0 unspecified atom stereocenters. The van der Waals surface area contributed by atoms with Gasteiger partial charge in [0.25, 0.3) is 5.56 Å². The van der Waals surface area contributed by atoms with Gasteiger partial charge < -0.3 is 4.98 Å². The molecule has 9 heteroatoms. The number of thioether (sulfide) groups is 1. The molecule has 0 saturated heterocycles. The molecule has 1 N–H and O–H groups in total. The van der Waals surface area contributed by atoms with Crippen LogP contribution in [-0.4, -0.2) is 24.6 Å². The average molecular weight is 454 g/mol. The number of aryl methyl sites for hydroxylation is 1. The number of para-hydroxylation sites is 1. The van der Waals surface area contributed by atoms with Gasteiger partial charge in [-0.15, -0.1) is 21.5 Å². The zero-order chi connectivity index (χ0) is 20.4. The van der Waals surface area contributed by atoms with Crippen molar-refractivity contribution < 1.29 is 0 Å². The highest BCUT2D eigenvalue weighted by Crippen LogP contribution is 2.38. The number of rotatable bonds is 3. The van der Waals surface area contributed by atoms with E-state index in [4.69, 9.17) is 4.98 Å². The summed E-state index contributed by atoms with van der Waals surface area (Å²) >= 11 is 4.89. The van der Waals surface area contributed by atoms with Crippen molar-refractivity contribution in [3.8, 4) is 0 Å². The van der Waals surface area contributed by atoms with E-state index in [1.54, 1.807) is 34.4 Å². The van der Waals surface area contributed by atoms with E-state index in [9.17, 15) is 4.79 Å². The van der Waals surface area contributed by atoms with Gasteiger partial charge in [0.15, 0.2) is 5.16 Å². The third kappa shape index (κ3) is 2.83. The number of fused-ring (bicyclic) bond motifs is 6. The van der Waals surface area contributed by atoms with Crippen molar-refractivity contribution in [2.75, 3.05) is 0 Å². The molecule has 152 valence electrons. The summed E-state index contributed by atoms with van der Waals surface area (Å²) in [6.45, 7) is 4.34. The van der Waals surface area contributed by atoms with Crippen molar-refractivity contribution in [2.24, 2.45) is 5.92 Å². The molecule has 0 fully saturated rings. The summed E-state index contributed by atoms with van der Waals surface area (Å²) in [4.78, 5) is 23.9. The smallest absolute Gasteiger partial charge is 0.259 e. The van der Waals surface area contributed by atoms with Gasteiger partial charge in [-0.2, -0.15) is 0 Å². The van der Waals surface area contributed by atoms with Gasteiger partial charge in [0.1, 0.15) is 10.7 Å². The van der Waals surface area contributed by atoms with Crippen LogP contribution in [0.2, 0.25) is 0 Å². The molecular formula is C21H19N5OS3. The first-order valence-electron chi connectivity index (χ1n) is 10.0. The second-order valence-electron chi connectivity index (χ2n) is 7.91. The minimum atomic E-state index is -0.0498. The number of H-pyrrole nitrogens is 1. The summed E-state index contributed by atoms with van der Waals surface area (Å²) in [5.74, 6) is 1.37. The highest BCUT2D eigenvalue weighted by Gasteiger charge is 2.24. The maximum atomic E-state index is 12.9. The minimum Gasteiger partial charge on any atom is -0.309 e. The predicted octanol–water partition coefficient (Wildman–Crippen LogP) is 5.22. The van der Waals surface area contributed by atoms with E-state index in [0.29, 0.717) is 11.7 Å². The SMILES string of the molecule is C[C@H]1CCc2c(sc3nc([C@@H](C)Sc4nnc5sc6ccccc6n45)[nH]c(=O)c23)C1. The third-order valence-electron chi connectivity index (χ3n) is 5.76. The van der Waals surface area contributed by atoms with Crippen LogP contribution in [-0.2, 0) is 12.8 Å². The fourth-order valence-electron chi connectivity index (χ4n) is 4.20. The molecule has 0 spiro atoms. The molecule has 0 bridgehead atoms. The van der Waals surface area contributed by atoms with Gasteiger partial charge in [-0.1, -0.05) is 42.2 Å². The third-order valence-corrected chi connectivity index (χ3v) is 8.97. The Kier molecular flexibility index (Phi) is 4.26. The molecule has 6 nitrogen and oxygen atoms in total. The largest absolute Gasteiger partial charge is 0.309 e. The van der Waals surface area contributed by atoms with E-state index in [2.05, 4.69) is 45.6 Å². The number of nitrogens with zero attached hydrogens (tertiary/aromatic N) is 4. The summed E-state index contributed by atoms with van der Waals surface area (Å²) < 4.78 is 3.27. The van der Waals surface area contributed by atoms with Gasteiger partial charge in [-0.3, -0.25) is 9.20 Å². The van der Waals surface area contributed by atoms with E-state index in [1.807, 2.05) is 12.1 Å². The molecule has 6 rings (SSSR count). The van der Waals surface area contributed by atoms with E-state index in [-0.39, 0.29) is 10.8 Å². The number of hydrogen-bond acceptors (Lipinski definition) is 7. The van der Waals surface area contributed by atoms with Crippen molar-refractivity contribution in [2.45, 2.75) is 43.5 Å². The first-order valence-corrected chi connectivity index (χ1v) is 12.5. The molecule has 30 heavy (non-hydrogen) atoms. The highest BCUT2D eigenvalue weighted by atomic mass is 32.2. The summed E-state index contributed by atoms with van der Waals surface area (Å²) in [7, 11) is 0. The number of aromatic amines is 1. The van der Waals surface area contributed by atoms with Gasteiger partial charge in [0.05, 0.1) is 20.9 Å². The summed E-state index contributed by atoms with van der Waals surface area (Å²) in [6.07, 6.45) is 3.18. The second kappa shape index (κ2) is 6.90.